The first-order valence-corrected chi connectivity index (χ1v) is 10.8. The molecule has 2 aromatic heterocycles. The van der Waals surface area contributed by atoms with E-state index in [0.29, 0.717) is 0 Å². The van der Waals surface area contributed by atoms with Gasteiger partial charge in [0.1, 0.15) is 16.5 Å². The third-order valence-electron chi connectivity index (χ3n) is 5.35. The Hall–Kier alpha value is -2.72. The molecule has 2 heterocycles. The van der Waals surface area contributed by atoms with Crippen LogP contribution in [0.3, 0.4) is 0 Å². The lowest BCUT2D eigenvalue weighted by Crippen LogP contribution is -2.04. The number of thiophene rings is 1. The molecule has 0 bridgehead atoms. The molecule has 0 saturated heterocycles. The zero-order valence-electron chi connectivity index (χ0n) is 16.0. The molecular weight excluding hydrogens is 362 g/mol. The van der Waals surface area contributed by atoms with E-state index in [9.17, 15) is 0 Å². The minimum absolute atomic E-state index is 0.752. The maximum Gasteiger partial charge on any atom is 0.143 e. The van der Waals surface area contributed by atoms with E-state index in [1.807, 2.05) is 17.4 Å². The largest absolute Gasteiger partial charge is 0.340 e. The molecular formula is C24H23N3S. The third-order valence-corrected chi connectivity index (χ3v) is 6.53. The van der Waals surface area contributed by atoms with E-state index in [1.54, 1.807) is 0 Å². The Morgan fingerprint density at radius 1 is 0.964 bits per heavy atom. The highest BCUT2D eigenvalue weighted by atomic mass is 32.1. The van der Waals surface area contributed by atoms with Gasteiger partial charge in [-0.3, -0.25) is 0 Å². The van der Waals surface area contributed by atoms with Crippen LogP contribution in [0.2, 0.25) is 0 Å². The quantitative estimate of drug-likeness (QED) is 0.453. The summed E-state index contributed by atoms with van der Waals surface area (Å²) in [7, 11) is 0. The van der Waals surface area contributed by atoms with Gasteiger partial charge >= 0.3 is 0 Å². The number of anilines is 2. The normalized spacial score (nSPS) is 13.5. The summed E-state index contributed by atoms with van der Waals surface area (Å²) in [5.74, 6) is 1.84. The molecule has 28 heavy (non-hydrogen) atoms. The van der Waals surface area contributed by atoms with Crippen molar-refractivity contribution in [1.29, 1.82) is 0 Å². The molecule has 3 nitrogen and oxygen atoms in total. The standard InChI is InChI=1S/C24H23N3S/c1-16-8-7-11-18(14-16)25-23-22-19-12-5-6-13-20(19)28-24(22)27-21(26-23)15-17-9-3-2-4-10-17/h2-4,7-11,14H,5-6,12-13,15H2,1H3,(H,25,26,27). The molecule has 0 aliphatic heterocycles. The van der Waals surface area contributed by atoms with Crippen LogP contribution < -0.4 is 5.32 Å². The van der Waals surface area contributed by atoms with E-state index in [1.165, 1.54) is 46.2 Å². The maximum absolute atomic E-state index is 4.99. The molecule has 0 radical (unpaired) electrons. The molecule has 0 saturated carbocycles. The fourth-order valence-corrected chi connectivity index (χ4v) is 5.29. The summed E-state index contributed by atoms with van der Waals surface area (Å²) in [5, 5.41) is 4.84. The van der Waals surface area contributed by atoms with Crippen molar-refractivity contribution in [3.05, 3.63) is 82.0 Å². The summed E-state index contributed by atoms with van der Waals surface area (Å²) in [6, 6.07) is 19.0. The summed E-state index contributed by atoms with van der Waals surface area (Å²) in [6.45, 7) is 2.12. The van der Waals surface area contributed by atoms with Crippen molar-refractivity contribution in [3.8, 4) is 0 Å². The number of benzene rings is 2. The van der Waals surface area contributed by atoms with Crippen LogP contribution in [-0.4, -0.2) is 9.97 Å². The molecule has 140 valence electrons. The lowest BCUT2D eigenvalue weighted by Gasteiger charge is -2.14. The predicted octanol–water partition coefficient (Wildman–Crippen LogP) is 6.21. The van der Waals surface area contributed by atoms with Gasteiger partial charge in [-0.15, -0.1) is 11.3 Å². The van der Waals surface area contributed by atoms with Gasteiger partial charge in [-0.2, -0.15) is 0 Å². The molecule has 1 aliphatic carbocycles. The van der Waals surface area contributed by atoms with Gasteiger partial charge in [0.25, 0.3) is 0 Å². The molecule has 1 aliphatic rings. The summed E-state index contributed by atoms with van der Waals surface area (Å²) < 4.78 is 0. The highest BCUT2D eigenvalue weighted by Gasteiger charge is 2.21. The Bertz CT molecular complexity index is 1130. The van der Waals surface area contributed by atoms with Gasteiger partial charge in [0.05, 0.1) is 5.39 Å². The Morgan fingerprint density at radius 3 is 2.68 bits per heavy atom. The molecule has 2 aromatic carbocycles. The average Bonchev–Trinajstić information content (AvgIpc) is 3.07. The maximum atomic E-state index is 4.99. The van der Waals surface area contributed by atoms with Gasteiger partial charge in [-0.05, 0) is 61.4 Å². The van der Waals surface area contributed by atoms with Crippen LogP contribution in [0.25, 0.3) is 10.2 Å². The van der Waals surface area contributed by atoms with Crippen molar-refractivity contribution in [1.82, 2.24) is 9.97 Å². The van der Waals surface area contributed by atoms with Crippen molar-refractivity contribution in [2.75, 3.05) is 5.32 Å². The van der Waals surface area contributed by atoms with Crippen LogP contribution >= 0.6 is 11.3 Å². The topological polar surface area (TPSA) is 37.8 Å². The number of hydrogen-bond donors (Lipinski definition) is 1. The highest BCUT2D eigenvalue weighted by molar-refractivity contribution is 7.19. The Kier molecular flexibility index (Phi) is 4.57. The van der Waals surface area contributed by atoms with E-state index in [4.69, 9.17) is 9.97 Å². The molecule has 4 aromatic rings. The van der Waals surface area contributed by atoms with Gasteiger partial charge in [0.2, 0.25) is 0 Å². The number of hydrogen-bond acceptors (Lipinski definition) is 4. The predicted molar refractivity (Wildman–Crippen MR) is 118 cm³/mol. The number of aryl methyl sites for hydroxylation is 3. The van der Waals surface area contributed by atoms with Gasteiger partial charge in [0, 0.05) is 17.0 Å². The van der Waals surface area contributed by atoms with Crippen LogP contribution in [-0.2, 0) is 19.3 Å². The third kappa shape index (κ3) is 3.40. The number of nitrogens with zero attached hydrogens (tertiary/aromatic N) is 2. The zero-order chi connectivity index (χ0) is 18.9. The molecule has 0 atom stereocenters. The van der Waals surface area contributed by atoms with E-state index in [-0.39, 0.29) is 0 Å². The van der Waals surface area contributed by atoms with E-state index in [0.717, 1.165) is 35.0 Å². The fraction of sp³-hybridized carbons (Fsp3) is 0.250. The van der Waals surface area contributed by atoms with E-state index in [2.05, 4.69) is 60.8 Å². The molecule has 5 rings (SSSR count). The first kappa shape index (κ1) is 17.4. The van der Waals surface area contributed by atoms with E-state index < -0.39 is 0 Å². The molecule has 0 fully saturated rings. The van der Waals surface area contributed by atoms with Gasteiger partial charge < -0.3 is 5.32 Å². The van der Waals surface area contributed by atoms with Crippen molar-refractivity contribution in [2.45, 2.75) is 39.0 Å². The Labute approximate surface area is 169 Å². The second-order valence-corrected chi connectivity index (χ2v) is 8.62. The van der Waals surface area contributed by atoms with Crippen molar-refractivity contribution in [3.63, 3.8) is 0 Å². The van der Waals surface area contributed by atoms with Gasteiger partial charge in [0.15, 0.2) is 0 Å². The SMILES string of the molecule is Cc1cccc(Nc2nc(Cc3ccccc3)nc3sc4c(c23)CCCC4)c1. The monoisotopic (exact) mass is 385 g/mol. The zero-order valence-corrected chi connectivity index (χ0v) is 16.9. The molecule has 0 spiro atoms. The number of nitrogens with one attached hydrogen (secondary N) is 1. The summed E-state index contributed by atoms with van der Waals surface area (Å²) in [6.07, 6.45) is 5.61. The molecule has 0 unspecified atom stereocenters. The first-order chi connectivity index (χ1) is 13.8. The van der Waals surface area contributed by atoms with Crippen molar-refractivity contribution in [2.24, 2.45) is 0 Å². The number of fused-ring (bicyclic) bond motifs is 3. The molecule has 1 N–H and O–H groups in total. The van der Waals surface area contributed by atoms with Crippen LogP contribution in [0.1, 0.15) is 40.2 Å². The van der Waals surface area contributed by atoms with Crippen molar-refractivity contribution < 1.29 is 0 Å². The smallest absolute Gasteiger partial charge is 0.143 e. The van der Waals surface area contributed by atoms with Crippen LogP contribution in [0.4, 0.5) is 11.5 Å². The Morgan fingerprint density at radius 2 is 1.82 bits per heavy atom. The fourth-order valence-electron chi connectivity index (χ4n) is 4.01. The lowest BCUT2D eigenvalue weighted by molar-refractivity contribution is 0.700. The van der Waals surface area contributed by atoms with Crippen LogP contribution in [0.15, 0.2) is 54.6 Å². The van der Waals surface area contributed by atoms with E-state index >= 15 is 0 Å². The molecule has 0 amide bonds. The summed E-state index contributed by atoms with van der Waals surface area (Å²) in [4.78, 5) is 12.6. The lowest BCUT2D eigenvalue weighted by atomic mass is 9.97. The Balaban J connectivity index is 1.62. The minimum Gasteiger partial charge on any atom is -0.340 e. The first-order valence-electron chi connectivity index (χ1n) is 9.95. The second-order valence-electron chi connectivity index (χ2n) is 7.54. The molecule has 4 heteroatoms. The van der Waals surface area contributed by atoms with Gasteiger partial charge in [-0.1, -0.05) is 42.5 Å². The van der Waals surface area contributed by atoms with Crippen LogP contribution in [0.5, 0.6) is 0 Å². The number of rotatable bonds is 4. The average molecular weight is 386 g/mol. The highest BCUT2D eigenvalue weighted by Crippen LogP contribution is 2.39. The number of aromatic nitrogens is 2. The van der Waals surface area contributed by atoms with Gasteiger partial charge in [-0.25, -0.2) is 9.97 Å². The summed E-state index contributed by atoms with van der Waals surface area (Å²) >= 11 is 1.86. The summed E-state index contributed by atoms with van der Waals surface area (Å²) in [5.41, 5.74) is 5.03. The van der Waals surface area contributed by atoms with Crippen molar-refractivity contribution >= 4 is 33.1 Å². The van der Waals surface area contributed by atoms with Crippen LogP contribution in [0, 0.1) is 6.92 Å². The minimum atomic E-state index is 0.752. The second kappa shape index (κ2) is 7.36.